The van der Waals surface area contributed by atoms with E-state index in [1.807, 2.05) is 7.11 Å². The van der Waals surface area contributed by atoms with Crippen molar-refractivity contribution in [2.75, 3.05) is 20.2 Å². The Kier molecular flexibility index (Phi) is 11.7. The molecule has 0 aliphatic heterocycles. The second-order valence-corrected chi connectivity index (χ2v) is 12.7. The summed E-state index contributed by atoms with van der Waals surface area (Å²) in [4.78, 5) is 2.36. The van der Waals surface area contributed by atoms with Gasteiger partial charge in [0.05, 0.1) is 17.5 Å². The Balaban J connectivity index is 2.05. The number of nitrogens with one attached hydrogen (secondary N) is 2. The van der Waals surface area contributed by atoms with Gasteiger partial charge in [-0.3, -0.25) is 0 Å². The first-order valence-electron chi connectivity index (χ1n) is 13.6. The highest BCUT2D eigenvalue weighted by Crippen LogP contribution is 2.35. The van der Waals surface area contributed by atoms with E-state index in [4.69, 9.17) is 4.74 Å². The molecule has 204 valence electrons. The highest BCUT2D eigenvalue weighted by molar-refractivity contribution is 7.14. The first-order chi connectivity index (χ1) is 17.4. The lowest BCUT2D eigenvalue weighted by Crippen LogP contribution is -2.30. The fourth-order valence-corrected chi connectivity index (χ4v) is 5.58. The van der Waals surface area contributed by atoms with E-state index in [0.29, 0.717) is 6.54 Å². The van der Waals surface area contributed by atoms with Gasteiger partial charge in [0, 0.05) is 36.3 Å². The largest absolute Gasteiger partial charge is 0.387 e. The molecule has 1 unspecified atom stereocenters. The summed E-state index contributed by atoms with van der Waals surface area (Å²) in [5.74, 6) is 0. The van der Waals surface area contributed by atoms with Crippen LogP contribution in [0.15, 0.2) is 65.9 Å². The lowest BCUT2D eigenvalue weighted by molar-refractivity contribution is 0.138. The van der Waals surface area contributed by atoms with Crippen LogP contribution in [0, 0.1) is 12.3 Å². The normalized spacial score (nSPS) is 15.0. The number of allylic oxidation sites excluding steroid dienone is 4. The molecular weight excluding hydrogens is 472 g/mol. The number of thiophene rings is 1. The van der Waals surface area contributed by atoms with Crippen molar-refractivity contribution in [3.05, 3.63) is 81.3 Å². The van der Waals surface area contributed by atoms with Crippen LogP contribution in [0.4, 0.5) is 0 Å². The van der Waals surface area contributed by atoms with Crippen molar-refractivity contribution in [2.24, 2.45) is 5.41 Å². The fourth-order valence-electron chi connectivity index (χ4n) is 4.48. The fraction of sp³-hybridized carbons (Fsp3) is 0.515. The topological polar surface area (TPSA) is 33.3 Å². The summed E-state index contributed by atoms with van der Waals surface area (Å²) >= 11 is 1.75. The zero-order valence-corrected chi connectivity index (χ0v) is 25.5. The number of unbranched alkanes of at least 4 members (excludes halogenated alkanes) is 1. The summed E-state index contributed by atoms with van der Waals surface area (Å²) in [5, 5.41) is 6.86. The maximum atomic E-state index is 6.00. The molecule has 1 heterocycles. The molecule has 0 saturated heterocycles. The van der Waals surface area contributed by atoms with Crippen molar-refractivity contribution in [2.45, 2.75) is 86.7 Å². The van der Waals surface area contributed by atoms with E-state index in [1.165, 1.54) is 50.5 Å². The summed E-state index contributed by atoms with van der Waals surface area (Å²) in [6, 6.07) is 2.23. The van der Waals surface area contributed by atoms with Crippen molar-refractivity contribution in [1.82, 2.24) is 10.6 Å². The molecule has 3 nitrogen and oxygen atoms in total. The number of hydrogen-bond donors (Lipinski definition) is 2. The second-order valence-electron chi connectivity index (χ2n) is 11.6. The van der Waals surface area contributed by atoms with E-state index in [0.717, 1.165) is 42.8 Å². The Morgan fingerprint density at radius 2 is 1.84 bits per heavy atom. The van der Waals surface area contributed by atoms with Crippen molar-refractivity contribution in [3.8, 4) is 0 Å². The molecule has 2 rings (SSSR count). The van der Waals surface area contributed by atoms with E-state index in [9.17, 15) is 0 Å². The molecule has 37 heavy (non-hydrogen) atoms. The standard InChI is InChI=1S/C33H50N2OS/c1-12-13-14-29-22(2)15-16-28(17-23(29)3)30(36-11)18-24(4)31-19-25(5)32(37-31)27(7)34-20-26(6)35-21-33(8,9)10/h16-17,19,30,34-35H,4,6-7,12-15,18,20-21H2,1-3,5,8-11H3. The summed E-state index contributed by atoms with van der Waals surface area (Å²) in [6.07, 6.45) is 10.0. The molecule has 0 bridgehead atoms. The average molecular weight is 523 g/mol. The summed E-state index contributed by atoms with van der Waals surface area (Å²) in [5.41, 5.74) is 10.1. The molecule has 0 saturated carbocycles. The van der Waals surface area contributed by atoms with Gasteiger partial charge in [-0.25, -0.2) is 0 Å². The predicted octanol–water partition coefficient (Wildman–Crippen LogP) is 8.97. The molecule has 0 radical (unpaired) electrons. The lowest BCUT2D eigenvalue weighted by Gasteiger charge is -2.21. The molecular formula is C33H50N2OS. The van der Waals surface area contributed by atoms with Crippen LogP contribution in [0.5, 0.6) is 0 Å². The van der Waals surface area contributed by atoms with Crippen LogP contribution in [-0.4, -0.2) is 26.3 Å². The van der Waals surface area contributed by atoms with Gasteiger partial charge >= 0.3 is 0 Å². The van der Waals surface area contributed by atoms with Gasteiger partial charge in [-0.2, -0.15) is 0 Å². The van der Waals surface area contributed by atoms with Crippen LogP contribution in [0.1, 0.15) is 89.0 Å². The van der Waals surface area contributed by atoms with E-state index >= 15 is 0 Å². The minimum atomic E-state index is -0.00910. The Hall–Kier alpha value is -2.30. The maximum Gasteiger partial charge on any atom is 0.0858 e. The van der Waals surface area contributed by atoms with Gasteiger partial charge in [0.25, 0.3) is 0 Å². The zero-order valence-electron chi connectivity index (χ0n) is 24.7. The predicted molar refractivity (Wildman–Crippen MR) is 166 cm³/mol. The highest BCUT2D eigenvalue weighted by Gasteiger charge is 2.20. The number of rotatable bonds is 14. The third-order valence-corrected chi connectivity index (χ3v) is 8.21. The molecule has 1 atom stereocenters. The summed E-state index contributed by atoms with van der Waals surface area (Å²) in [7, 11) is 1.81. The SMILES string of the molecule is C=C(CNC(=C)c1sc(C(=C)CC(OC)C2=CCC(C)=C(CCCC)C(C)=C2)cc1C)NCC(C)(C)C. The van der Waals surface area contributed by atoms with E-state index in [2.05, 4.69) is 97.1 Å². The Morgan fingerprint density at radius 3 is 2.46 bits per heavy atom. The molecule has 2 N–H and O–H groups in total. The molecule has 0 fully saturated rings. The van der Waals surface area contributed by atoms with Gasteiger partial charge < -0.3 is 15.4 Å². The Morgan fingerprint density at radius 1 is 1.14 bits per heavy atom. The van der Waals surface area contributed by atoms with Gasteiger partial charge in [0.2, 0.25) is 0 Å². The summed E-state index contributed by atoms with van der Waals surface area (Å²) in [6.45, 7) is 30.0. The smallest absolute Gasteiger partial charge is 0.0858 e. The van der Waals surface area contributed by atoms with E-state index in [-0.39, 0.29) is 11.5 Å². The van der Waals surface area contributed by atoms with E-state index < -0.39 is 0 Å². The average Bonchev–Trinajstić information content (AvgIpc) is 3.17. The molecule has 0 amide bonds. The van der Waals surface area contributed by atoms with Gasteiger partial charge in [-0.05, 0) is 79.4 Å². The molecule has 1 aliphatic carbocycles. The number of aryl methyl sites for hydroxylation is 1. The van der Waals surface area contributed by atoms with Crippen molar-refractivity contribution in [3.63, 3.8) is 0 Å². The third kappa shape index (κ3) is 9.50. The minimum absolute atomic E-state index is 0.00910. The molecule has 1 aromatic rings. The first-order valence-corrected chi connectivity index (χ1v) is 14.4. The van der Waals surface area contributed by atoms with Crippen LogP contribution >= 0.6 is 11.3 Å². The first kappa shape index (κ1) is 30.9. The number of hydrogen-bond acceptors (Lipinski definition) is 4. The van der Waals surface area contributed by atoms with Gasteiger partial charge in [0.15, 0.2) is 0 Å². The van der Waals surface area contributed by atoms with Gasteiger partial charge in [-0.15, -0.1) is 11.3 Å². The van der Waals surface area contributed by atoms with Crippen molar-refractivity contribution >= 4 is 22.6 Å². The van der Waals surface area contributed by atoms with Crippen molar-refractivity contribution in [1.29, 1.82) is 0 Å². The van der Waals surface area contributed by atoms with Crippen molar-refractivity contribution < 1.29 is 4.74 Å². The van der Waals surface area contributed by atoms with Crippen LogP contribution in [0.2, 0.25) is 0 Å². The van der Waals surface area contributed by atoms with Crippen LogP contribution in [0.3, 0.4) is 0 Å². The van der Waals surface area contributed by atoms with Crippen LogP contribution < -0.4 is 10.6 Å². The minimum Gasteiger partial charge on any atom is -0.387 e. The lowest BCUT2D eigenvalue weighted by atomic mass is 9.95. The van der Waals surface area contributed by atoms with E-state index in [1.54, 1.807) is 11.3 Å². The van der Waals surface area contributed by atoms with Crippen LogP contribution in [0.25, 0.3) is 11.3 Å². The van der Waals surface area contributed by atoms with Gasteiger partial charge in [0.1, 0.15) is 0 Å². The molecule has 0 aromatic carbocycles. The quantitative estimate of drug-likeness (QED) is 0.256. The second kappa shape index (κ2) is 14.0. The summed E-state index contributed by atoms with van der Waals surface area (Å²) < 4.78 is 6.00. The molecule has 0 spiro atoms. The third-order valence-electron chi connectivity index (χ3n) is 6.81. The highest BCUT2D eigenvalue weighted by atomic mass is 32.1. The Labute approximate surface area is 231 Å². The molecule has 4 heteroatoms. The Bertz CT molecular complexity index is 1070. The zero-order chi connectivity index (χ0) is 27.8. The monoisotopic (exact) mass is 522 g/mol. The molecule has 1 aliphatic rings. The van der Waals surface area contributed by atoms with Crippen LogP contribution in [-0.2, 0) is 4.74 Å². The molecule has 1 aromatic heterocycles. The van der Waals surface area contributed by atoms with Gasteiger partial charge in [-0.1, -0.05) is 71.6 Å². The number of ether oxygens (including phenoxy) is 1. The number of methoxy groups -OCH3 is 1. The maximum absolute atomic E-state index is 6.00.